The lowest BCUT2D eigenvalue weighted by molar-refractivity contribution is -0.386. The van der Waals surface area contributed by atoms with E-state index in [0.29, 0.717) is 5.69 Å². The Morgan fingerprint density at radius 2 is 2.17 bits per heavy atom. The van der Waals surface area contributed by atoms with Crippen molar-refractivity contribution in [3.63, 3.8) is 0 Å². The maximum atomic E-state index is 10.9. The maximum Gasteiger partial charge on any atom is 0.330 e. The van der Waals surface area contributed by atoms with Gasteiger partial charge < -0.3 is 10.5 Å². The molecule has 0 aromatic carbocycles. The monoisotopic (exact) mass is 251 g/mol. The van der Waals surface area contributed by atoms with Crippen LogP contribution in [0.2, 0.25) is 0 Å². The van der Waals surface area contributed by atoms with Gasteiger partial charge in [-0.2, -0.15) is 0 Å². The first-order valence-corrected chi connectivity index (χ1v) is 6.12. The highest BCUT2D eigenvalue weighted by molar-refractivity contribution is 5.41. The number of ether oxygens (including phenoxy) is 1. The van der Waals surface area contributed by atoms with E-state index in [-0.39, 0.29) is 23.7 Å². The predicted molar refractivity (Wildman–Crippen MR) is 66.5 cm³/mol. The highest BCUT2D eigenvalue weighted by Gasteiger charge is 2.27. The smallest absolute Gasteiger partial charge is 0.330 e. The molecule has 6 heteroatoms. The first kappa shape index (κ1) is 12.8. The fourth-order valence-corrected chi connectivity index (χ4v) is 2.17. The lowest BCUT2D eigenvalue weighted by Gasteiger charge is -2.28. The van der Waals surface area contributed by atoms with Crippen molar-refractivity contribution >= 4 is 5.69 Å². The SMILES string of the molecule is Cc1ccc([N+](=O)[O-])c(OC2CCCCC2N)n1. The third kappa shape index (κ3) is 2.76. The Morgan fingerprint density at radius 1 is 1.44 bits per heavy atom. The minimum Gasteiger partial charge on any atom is -0.468 e. The van der Waals surface area contributed by atoms with Gasteiger partial charge in [0.15, 0.2) is 0 Å². The number of pyridine rings is 1. The van der Waals surface area contributed by atoms with E-state index < -0.39 is 4.92 Å². The molecule has 1 aromatic rings. The fourth-order valence-electron chi connectivity index (χ4n) is 2.17. The molecule has 1 heterocycles. The second-order valence-electron chi connectivity index (χ2n) is 4.64. The molecular formula is C12H17N3O3. The summed E-state index contributed by atoms with van der Waals surface area (Å²) >= 11 is 0. The molecule has 1 saturated carbocycles. The van der Waals surface area contributed by atoms with Crippen LogP contribution < -0.4 is 10.5 Å². The summed E-state index contributed by atoms with van der Waals surface area (Å²) < 4.78 is 5.66. The minimum absolute atomic E-state index is 0.0688. The van der Waals surface area contributed by atoms with Gasteiger partial charge in [0, 0.05) is 17.8 Å². The molecule has 1 aliphatic rings. The van der Waals surface area contributed by atoms with Crippen molar-refractivity contribution < 1.29 is 9.66 Å². The lowest BCUT2D eigenvalue weighted by Crippen LogP contribution is -2.41. The number of nitrogens with zero attached hydrogens (tertiary/aromatic N) is 2. The van der Waals surface area contributed by atoms with Crippen LogP contribution in [0, 0.1) is 17.0 Å². The summed E-state index contributed by atoms with van der Waals surface area (Å²) in [5.41, 5.74) is 6.56. The average Bonchev–Trinajstić information content (AvgIpc) is 2.32. The largest absolute Gasteiger partial charge is 0.468 e. The Balaban J connectivity index is 2.21. The van der Waals surface area contributed by atoms with Crippen LogP contribution in [0.4, 0.5) is 5.69 Å². The standard InChI is InChI=1S/C12H17N3O3/c1-8-6-7-10(15(16)17)12(14-8)18-11-5-3-2-4-9(11)13/h6-7,9,11H,2-5,13H2,1H3. The van der Waals surface area contributed by atoms with E-state index in [2.05, 4.69) is 4.98 Å². The Hall–Kier alpha value is -1.69. The van der Waals surface area contributed by atoms with Gasteiger partial charge in [-0.05, 0) is 32.3 Å². The topological polar surface area (TPSA) is 91.3 Å². The molecule has 0 bridgehead atoms. The molecule has 0 spiro atoms. The molecule has 2 N–H and O–H groups in total. The Bertz CT molecular complexity index is 450. The summed E-state index contributed by atoms with van der Waals surface area (Å²) in [4.78, 5) is 14.5. The van der Waals surface area contributed by atoms with E-state index in [4.69, 9.17) is 10.5 Å². The van der Waals surface area contributed by atoms with Crippen molar-refractivity contribution in [2.45, 2.75) is 44.8 Å². The summed E-state index contributed by atoms with van der Waals surface area (Å²) in [5, 5.41) is 10.9. The normalized spacial score (nSPS) is 23.7. The van der Waals surface area contributed by atoms with E-state index in [0.717, 1.165) is 25.7 Å². The molecule has 0 amide bonds. The fraction of sp³-hybridized carbons (Fsp3) is 0.583. The molecule has 1 aliphatic carbocycles. The predicted octanol–water partition coefficient (Wildman–Crippen LogP) is 1.95. The first-order chi connectivity index (χ1) is 8.58. The number of rotatable bonds is 3. The van der Waals surface area contributed by atoms with Gasteiger partial charge in [-0.1, -0.05) is 6.42 Å². The van der Waals surface area contributed by atoms with Crippen molar-refractivity contribution in [3.05, 3.63) is 27.9 Å². The van der Waals surface area contributed by atoms with Crippen molar-refractivity contribution in [2.24, 2.45) is 5.73 Å². The zero-order valence-electron chi connectivity index (χ0n) is 10.3. The first-order valence-electron chi connectivity index (χ1n) is 6.12. The van der Waals surface area contributed by atoms with E-state index in [1.54, 1.807) is 13.0 Å². The molecule has 2 atom stereocenters. The van der Waals surface area contributed by atoms with Gasteiger partial charge in [-0.3, -0.25) is 10.1 Å². The third-order valence-corrected chi connectivity index (χ3v) is 3.19. The van der Waals surface area contributed by atoms with Crippen LogP contribution in [-0.2, 0) is 0 Å². The van der Waals surface area contributed by atoms with Crippen molar-refractivity contribution in [1.29, 1.82) is 0 Å². The number of hydrogen-bond acceptors (Lipinski definition) is 5. The second-order valence-corrected chi connectivity index (χ2v) is 4.64. The molecule has 0 aliphatic heterocycles. The molecule has 98 valence electrons. The number of aryl methyl sites for hydroxylation is 1. The molecular weight excluding hydrogens is 234 g/mol. The van der Waals surface area contributed by atoms with Crippen LogP contribution in [0.3, 0.4) is 0 Å². The maximum absolute atomic E-state index is 10.9. The summed E-state index contributed by atoms with van der Waals surface area (Å²) in [5.74, 6) is 0.0855. The molecule has 2 unspecified atom stereocenters. The van der Waals surface area contributed by atoms with Gasteiger partial charge in [0.1, 0.15) is 6.10 Å². The minimum atomic E-state index is -0.476. The van der Waals surface area contributed by atoms with Gasteiger partial charge in [0.2, 0.25) is 0 Å². The Kier molecular flexibility index (Phi) is 3.76. The van der Waals surface area contributed by atoms with Crippen LogP contribution in [0.25, 0.3) is 0 Å². The van der Waals surface area contributed by atoms with Gasteiger partial charge in [0.25, 0.3) is 5.88 Å². The van der Waals surface area contributed by atoms with Crippen LogP contribution in [0.15, 0.2) is 12.1 Å². The van der Waals surface area contributed by atoms with Crippen molar-refractivity contribution in [1.82, 2.24) is 4.98 Å². The molecule has 6 nitrogen and oxygen atoms in total. The molecule has 0 radical (unpaired) electrons. The summed E-state index contributed by atoms with van der Waals surface area (Å²) in [6.07, 6.45) is 3.67. The quantitative estimate of drug-likeness (QED) is 0.654. The molecule has 2 rings (SSSR count). The van der Waals surface area contributed by atoms with Gasteiger partial charge in [0.05, 0.1) is 4.92 Å². The van der Waals surface area contributed by atoms with Gasteiger partial charge >= 0.3 is 5.69 Å². The van der Waals surface area contributed by atoms with Gasteiger partial charge in [-0.25, -0.2) is 4.98 Å². The van der Waals surface area contributed by atoms with Gasteiger partial charge in [-0.15, -0.1) is 0 Å². The molecule has 1 aromatic heterocycles. The van der Waals surface area contributed by atoms with Crippen LogP contribution in [0.5, 0.6) is 5.88 Å². The van der Waals surface area contributed by atoms with Crippen molar-refractivity contribution in [2.75, 3.05) is 0 Å². The highest BCUT2D eigenvalue weighted by Crippen LogP contribution is 2.28. The highest BCUT2D eigenvalue weighted by atomic mass is 16.6. The van der Waals surface area contributed by atoms with E-state index in [1.165, 1.54) is 6.07 Å². The third-order valence-electron chi connectivity index (χ3n) is 3.19. The van der Waals surface area contributed by atoms with E-state index in [1.807, 2.05) is 0 Å². The average molecular weight is 251 g/mol. The summed E-state index contributed by atoms with van der Waals surface area (Å²) in [6.45, 7) is 1.78. The molecule has 1 fully saturated rings. The molecule has 0 saturated heterocycles. The zero-order chi connectivity index (χ0) is 13.1. The Morgan fingerprint density at radius 3 is 2.83 bits per heavy atom. The lowest BCUT2D eigenvalue weighted by atomic mass is 9.93. The number of aromatic nitrogens is 1. The van der Waals surface area contributed by atoms with Crippen LogP contribution in [0.1, 0.15) is 31.4 Å². The Labute approximate surface area is 105 Å². The number of nitrogens with two attached hydrogens (primary N) is 1. The number of nitro groups is 1. The summed E-state index contributed by atoms with van der Waals surface area (Å²) in [6, 6.07) is 2.96. The van der Waals surface area contributed by atoms with E-state index in [9.17, 15) is 10.1 Å². The van der Waals surface area contributed by atoms with Crippen LogP contribution >= 0.6 is 0 Å². The van der Waals surface area contributed by atoms with Crippen molar-refractivity contribution in [3.8, 4) is 5.88 Å². The van der Waals surface area contributed by atoms with E-state index >= 15 is 0 Å². The van der Waals surface area contributed by atoms with Crippen LogP contribution in [-0.4, -0.2) is 22.1 Å². The zero-order valence-corrected chi connectivity index (χ0v) is 10.3. The summed E-state index contributed by atoms with van der Waals surface area (Å²) in [7, 11) is 0. The second kappa shape index (κ2) is 5.30. The molecule has 18 heavy (non-hydrogen) atoms. The number of hydrogen-bond donors (Lipinski definition) is 1.